The number of halogens is 1. The van der Waals surface area contributed by atoms with Gasteiger partial charge in [0.15, 0.2) is 11.6 Å². The maximum atomic E-state index is 14.1. The number of benzene rings is 1. The molecule has 21 heavy (non-hydrogen) atoms. The van der Waals surface area contributed by atoms with E-state index in [0.29, 0.717) is 13.1 Å². The summed E-state index contributed by atoms with van der Waals surface area (Å²) in [4.78, 5) is 17.7. The van der Waals surface area contributed by atoms with Crippen molar-refractivity contribution in [1.29, 1.82) is 0 Å². The summed E-state index contributed by atoms with van der Waals surface area (Å²) in [6.45, 7) is 2.74. The monoisotopic (exact) mass is 288 g/mol. The predicted molar refractivity (Wildman–Crippen MR) is 78.9 cm³/mol. The molecule has 0 saturated carbocycles. The summed E-state index contributed by atoms with van der Waals surface area (Å²) in [7, 11) is 0. The first kappa shape index (κ1) is 14.9. The number of nitrogen functional groups attached to an aromatic ring is 1. The lowest BCUT2D eigenvalue weighted by Crippen LogP contribution is -2.31. The molecule has 2 rings (SSSR count). The van der Waals surface area contributed by atoms with Crippen LogP contribution in [0.5, 0.6) is 0 Å². The van der Waals surface area contributed by atoms with Gasteiger partial charge in [-0.25, -0.2) is 15.2 Å². The van der Waals surface area contributed by atoms with Crippen molar-refractivity contribution in [3.05, 3.63) is 59.5 Å². The molecule has 0 bridgehead atoms. The van der Waals surface area contributed by atoms with Gasteiger partial charge in [0.1, 0.15) is 0 Å². The SMILES string of the molecule is CCN(Cc1ccccc1)C(=O)c1ccnc(NN)c1F. The van der Waals surface area contributed by atoms with Crippen molar-refractivity contribution in [1.82, 2.24) is 9.88 Å². The van der Waals surface area contributed by atoms with Crippen LogP contribution in [0.1, 0.15) is 22.8 Å². The number of nitrogens with zero attached hydrogens (tertiary/aromatic N) is 2. The van der Waals surface area contributed by atoms with Gasteiger partial charge in [-0.05, 0) is 18.6 Å². The van der Waals surface area contributed by atoms with Gasteiger partial charge in [-0.1, -0.05) is 30.3 Å². The Bertz CT molecular complexity index is 618. The van der Waals surface area contributed by atoms with Gasteiger partial charge >= 0.3 is 0 Å². The summed E-state index contributed by atoms with van der Waals surface area (Å²) in [5.41, 5.74) is 3.08. The first-order valence-corrected chi connectivity index (χ1v) is 6.61. The van der Waals surface area contributed by atoms with Gasteiger partial charge in [0, 0.05) is 19.3 Å². The van der Waals surface area contributed by atoms with Gasteiger partial charge in [-0.15, -0.1) is 0 Å². The van der Waals surface area contributed by atoms with Crippen LogP contribution in [0.25, 0.3) is 0 Å². The number of nitrogens with two attached hydrogens (primary N) is 1. The number of nitrogens with one attached hydrogen (secondary N) is 1. The van der Waals surface area contributed by atoms with Gasteiger partial charge in [0.25, 0.3) is 5.91 Å². The van der Waals surface area contributed by atoms with E-state index in [9.17, 15) is 9.18 Å². The zero-order valence-electron chi connectivity index (χ0n) is 11.7. The molecule has 0 fully saturated rings. The molecule has 0 unspecified atom stereocenters. The zero-order chi connectivity index (χ0) is 15.2. The van der Waals surface area contributed by atoms with Gasteiger partial charge in [0.05, 0.1) is 5.56 Å². The molecule has 1 aromatic heterocycles. The van der Waals surface area contributed by atoms with Crippen LogP contribution in [0.15, 0.2) is 42.6 Å². The lowest BCUT2D eigenvalue weighted by atomic mass is 10.1. The van der Waals surface area contributed by atoms with Crippen molar-refractivity contribution < 1.29 is 9.18 Å². The molecule has 110 valence electrons. The second-order valence-corrected chi connectivity index (χ2v) is 4.47. The molecule has 0 aliphatic heterocycles. The third-order valence-electron chi connectivity index (χ3n) is 3.14. The van der Waals surface area contributed by atoms with E-state index in [2.05, 4.69) is 10.4 Å². The van der Waals surface area contributed by atoms with E-state index in [1.54, 1.807) is 4.90 Å². The molecule has 1 heterocycles. The highest BCUT2D eigenvalue weighted by Crippen LogP contribution is 2.17. The Labute approximate surface area is 122 Å². The Balaban J connectivity index is 2.24. The number of carbonyl (C=O) groups is 1. The van der Waals surface area contributed by atoms with Crippen LogP contribution < -0.4 is 11.3 Å². The van der Waals surface area contributed by atoms with E-state index in [4.69, 9.17) is 5.84 Å². The first-order chi connectivity index (χ1) is 10.2. The molecule has 1 amide bonds. The Hall–Kier alpha value is -2.47. The fraction of sp³-hybridized carbons (Fsp3) is 0.200. The number of pyridine rings is 1. The number of carbonyl (C=O) groups excluding carboxylic acids is 1. The van der Waals surface area contributed by atoms with Gasteiger partial charge < -0.3 is 10.3 Å². The number of rotatable bonds is 5. The van der Waals surface area contributed by atoms with Crippen molar-refractivity contribution in [2.45, 2.75) is 13.5 Å². The summed E-state index contributed by atoms with van der Waals surface area (Å²) in [5.74, 6) is 3.90. The van der Waals surface area contributed by atoms with E-state index in [0.717, 1.165) is 5.56 Å². The van der Waals surface area contributed by atoms with Crippen molar-refractivity contribution in [2.24, 2.45) is 5.84 Å². The van der Waals surface area contributed by atoms with E-state index >= 15 is 0 Å². The molecular formula is C15H17FN4O. The number of hydrogen-bond acceptors (Lipinski definition) is 4. The third kappa shape index (κ3) is 3.35. The highest BCUT2D eigenvalue weighted by molar-refractivity contribution is 5.95. The summed E-state index contributed by atoms with van der Waals surface area (Å²) >= 11 is 0. The number of amides is 1. The summed E-state index contributed by atoms with van der Waals surface area (Å²) in [5, 5.41) is 0. The minimum Gasteiger partial charge on any atom is -0.335 e. The second-order valence-electron chi connectivity index (χ2n) is 4.47. The van der Waals surface area contributed by atoms with Crippen LogP contribution in [0, 0.1) is 5.82 Å². The van der Waals surface area contributed by atoms with Crippen LogP contribution in [0.4, 0.5) is 10.2 Å². The molecule has 0 aliphatic rings. The Kier molecular flexibility index (Phi) is 4.84. The second kappa shape index (κ2) is 6.81. The van der Waals surface area contributed by atoms with Crippen LogP contribution in [-0.4, -0.2) is 22.3 Å². The average Bonchev–Trinajstić information content (AvgIpc) is 2.53. The van der Waals surface area contributed by atoms with Crippen molar-refractivity contribution >= 4 is 11.7 Å². The van der Waals surface area contributed by atoms with Crippen molar-refractivity contribution in [2.75, 3.05) is 12.0 Å². The van der Waals surface area contributed by atoms with Crippen LogP contribution in [0.2, 0.25) is 0 Å². The summed E-state index contributed by atoms with van der Waals surface area (Å²) in [6.07, 6.45) is 1.35. The topological polar surface area (TPSA) is 71.2 Å². The minimum absolute atomic E-state index is 0.0456. The first-order valence-electron chi connectivity index (χ1n) is 6.61. The molecular weight excluding hydrogens is 271 g/mol. The van der Waals surface area contributed by atoms with Crippen molar-refractivity contribution in [3.8, 4) is 0 Å². The largest absolute Gasteiger partial charge is 0.335 e. The molecule has 0 saturated heterocycles. The number of anilines is 1. The van der Waals surface area contributed by atoms with E-state index in [-0.39, 0.29) is 11.4 Å². The van der Waals surface area contributed by atoms with Crippen LogP contribution in [0.3, 0.4) is 0 Å². The fourth-order valence-corrected chi connectivity index (χ4v) is 2.01. The normalized spacial score (nSPS) is 10.2. The van der Waals surface area contributed by atoms with Gasteiger partial charge in [-0.2, -0.15) is 0 Å². The number of hydrazine groups is 1. The highest BCUT2D eigenvalue weighted by Gasteiger charge is 2.20. The number of hydrogen-bond donors (Lipinski definition) is 2. The molecule has 0 spiro atoms. The lowest BCUT2D eigenvalue weighted by molar-refractivity contribution is 0.0748. The smallest absolute Gasteiger partial charge is 0.257 e. The molecule has 3 N–H and O–H groups in total. The molecule has 6 heteroatoms. The molecule has 0 atom stereocenters. The summed E-state index contributed by atoms with van der Waals surface area (Å²) < 4.78 is 14.1. The van der Waals surface area contributed by atoms with E-state index in [1.807, 2.05) is 37.3 Å². The van der Waals surface area contributed by atoms with Gasteiger partial charge in [-0.3, -0.25) is 4.79 Å². The fourth-order valence-electron chi connectivity index (χ4n) is 2.01. The standard InChI is InChI=1S/C15H17FN4O/c1-2-20(10-11-6-4-3-5-7-11)15(21)12-8-9-18-14(19-17)13(12)16/h3-9H,2,10,17H2,1H3,(H,18,19). The van der Waals surface area contributed by atoms with Crippen molar-refractivity contribution in [3.63, 3.8) is 0 Å². The molecule has 1 aromatic carbocycles. The quantitative estimate of drug-likeness (QED) is 0.653. The zero-order valence-corrected chi connectivity index (χ0v) is 11.7. The van der Waals surface area contributed by atoms with E-state index in [1.165, 1.54) is 12.3 Å². The van der Waals surface area contributed by atoms with Crippen LogP contribution >= 0.6 is 0 Å². The number of aromatic nitrogens is 1. The Morgan fingerprint density at radius 2 is 2.05 bits per heavy atom. The predicted octanol–water partition coefficient (Wildman–Crippen LogP) is 2.17. The Morgan fingerprint density at radius 1 is 1.33 bits per heavy atom. The molecule has 5 nitrogen and oxygen atoms in total. The molecule has 0 radical (unpaired) electrons. The van der Waals surface area contributed by atoms with Crippen LogP contribution in [-0.2, 0) is 6.54 Å². The molecule has 0 aliphatic carbocycles. The Morgan fingerprint density at radius 3 is 2.67 bits per heavy atom. The highest BCUT2D eigenvalue weighted by atomic mass is 19.1. The minimum atomic E-state index is -0.739. The molecule has 2 aromatic rings. The summed E-state index contributed by atoms with van der Waals surface area (Å²) in [6, 6.07) is 10.9. The lowest BCUT2D eigenvalue weighted by Gasteiger charge is -2.21. The maximum absolute atomic E-state index is 14.1. The average molecular weight is 288 g/mol. The van der Waals surface area contributed by atoms with Gasteiger partial charge in [0.2, 0.25) is 0 Å². The maximum Gasteiger partial charge on any atom is 0.257 e. The van der Waals surface area contributed by atoms with E-state index < -0.39 is 11.7 Å². The third-order valence-corrected chi connectivity index (χ3v) is 3.14.